The van der Waals surface area contributed by atoms with Crippen LogP contribution in [-0.4, -0.2) is 47.0 Å². The summed E-state index contributed by atoms with van der Waals surface area (Å²) in [7, 11) is 0. The average molecular weight is 309 g/mol. The van der Waals surface area contributed by atoms with Crippen LogP contribution in [0.2, 0.25) is 0 Å². The fourth-order valence-corrected chi connectivity index (χ4v) is 3.65. The van der Waals surface area contributed by atoms with Gasteiger partial charge in [-0.25, -0.2) is 0 Å². The van der Waals surface area contributed by atoms with Crippen LogP contribution in [-0.2, 0) is 16.0 Å². The van der Waals surface area contributed by atoms with E-state index in [4.69, 9.17) is 16.3 Å². The second-order valence-electron chi connectivity index (χ2n) is 6.10. The molecular formula is C16H21ClN2O2. The number of aromatic nitrogens is 1. The number of carbonyl (C=O) groups excluding carboxylic acids is 1. The van der Waals surface area contributed by atoms with Gasteiger partial charge in [-0.3, -0.25) is 9.78 Å². The molecule has 5 heteroatoms. The Balaban J connectivity index is 1.54. The number of hydrogen-bond donors (Lipinski definition) is 0. The van der Waals surface area contributed by atoms with Crippen molar-refractivity contribution in [2.75, 3.05) is 25.6 Å². The number of ether oxygens (including phenoxy) is 1. The Morgan fingerprint density at radius 3 is 2.90 bits per heavy atom. The molecule has 1 aromatic heterocycles. The van der Waals surface area contributed by atoms with Gasteiger partial charge in [0.2, 0.25) is 5.91 Å². The fraction of sp³-hybridized carbons (Fsp3) is 0.625. The smallest absolute Gasteiger partial charge is 0.237 e. The van der Waals surface area contributed by atoms with Gasteiger partial charge < -0.3 is 9.64 Å². The van der Waals surface area contributed by atoms with Crippen LogP contribution in [0.25, 0.3) is 0 Å². The molecule has 1 atom stereocenters. The maximum absolute atomic E-state index is 11.6. The van der Waals surface area contributed by atoms with E-state index >= 15 is 0 Å². The quantitative estimate of drug-likeness (QED) is 0.804. The topological polar surface area (TPSA) is 42.4 Å². The van der Waals surface area contributed by atoms with Gasteiger partial charge in [-0.05, 0) is 43.7 Å². The van der Waals surface area contributed by atoms with E-state index < -0.39 is 0 Å². The summed E-state index contributed by atoms with van der Waals surface area (Å²) in [6.45, 7) is 2.34. The van der Waals surface area contributed by atoms with E-state index in [1.807, 2.05) is 23.2 Å². The van der Waals surface area contributed by atoms with Gasteiger partial charge in [-0.2, -0.15) is 0 Å². The number of hydrogen-bond acceptors (Lipinski definition) is 3. The van der Waals surface area contributed by atoms with Gasteiger partial charge in [-0.1, -0.05) is 6.07 Å². The minimum absolute atomic E-state index is 0.0253. The van der Waals surface area contributed by atoms with Gasteiger partial charge in [0.25, 0.3) is 0 Å². The molecule has 0 bridgehead atoms. The third-order valence-corrected chi connectivity index (χ3v) is 4.88. The highest BCUT2D eigenvalue weighted by molar-refractivity contribution is 6.27. The number of rotatable bonds is 3. The van der Waals surface area contributed by atoms with E-state index in [1.165, 1.54) is 0 Å². The minimum atomic E-state index is -0.0253. The average Bonchev–Trinajstić information content (AvgIpc) is 2.91. The van der Waals surface area contributed by atoms with Crippen molar-refractivity contribution in [3.63, 3.8) is 0 Å². The van der Waals surface area contributed by atoms with Crippen LogP contribution in [0, 0.1) is 5.92 Å². The van der Waals surface area contributed by atoms with Crippen molar-refractivity contribution in [3.05, 3.63) is 30.1 Å². The van der Waals surface area contributed by atoms with E-state index in [2.05, 4.69) is 11.1 Å². The molecule has 0 radical (unpaired) electrons. The van der Waals surface area contributed by atoms with E-state index in [-0.39, 0.29) is 17.4 Å². The van der Waals surface area contributed by atoms with Crippen molar-refractivity contribution >= 4 is 17.5 Å². The molecular weight excluding hydrogens is 288 g/mol. The molecule has 1 unspecified atom stereocenters. The number of carbonyl (C=O) groups is 1. The first-order valence-corrected chi connectivity index (χ1v) is 8.12. The van der Waals surface area contributed by atoms with Crippen LogP contribution in [0.1, 0.15) is 25.0 Å². The van der Waals surface area contributed by atoms with Crippen LogP contribution in [0.4, 0.5) is 0 Å². The number of piperidine rings is 1. The predicted molar refractivity (Wildman–Crippen MR) is 81.3 cm³/mol. The first kappa shape index (κ1) is 14.8. The normalized spacial score (nSPS) is 24.4. The van der Waals surface area contributed by atoms with Crippen molar-refractivity contribution in [2.24, 2.45) is 5.92 Å². The van der Waals surface area contributed by atoms with Gasteiger partial charge in [0, 0.05) is 25.0 Å². The van der Waals surface area contributed by atoms with Gasteiger partial charge in [0.05, 0.1) is 12.2 Å². The molecule has 1 spiro atoms. The number of alkyl halides is 1. The zero-order chi connectivity index (χ0) is 14.7. The monoisotopic (exact) mass is 308 g/mol. The molecule has 3 rings (SSSR count). The third-order valence-electron chi connectivity index (χ3n) is 4.65. The Bertz CT molecular complexity index is 486. The maximum atomic E-state index is 11.6. The van der Waals surface area contributed by atoms with Gasteiger partial charge >= 0.3 is 0 Å². The molecule has 2 aliphatic rings. The summed E-state index contributed by atoms with van der Waals surface area (Å²) < 4.78 is 6.13. The Kier molecular flexibility index (Phi) is 4.45. The van der Waals surface area contributed by atoms with Crippen molar-refractivity contribution in [3.8, 4) is 0 Å². The molecule has 2 aliphatic heterocycles. The molecule has 2 fully saturated rings. The second kappa shape index (κ2) is 6.32. The fourth-order valence-electron chi connectivity index (χ4n) is 3.48. The minimum Gasteiger partial charge on any atom is -0.375 e. The molecule has 0 aromatic carbocycles. The van der Waals surface area contributed by atoms with Crippen LogP contribution >= 0.6 is 11.6 Å². The largest absolute Gasteiger partial charge is 0.375 e. The Hall–Kier alpha value is -1.13. The zero-order valence-electron chi connectivity index (χ0n) is 12.1. The highest BCUT2D eigenvalue weighted by Crippen LogP contribution is 2.39. The lowest BCUT2D eigenvalue weighted by molar-refractivity contribution is -0.133. The summed E-state index contributed by atoms with van der Waals surface area (Å²) in [5, 5.41) is 0. The second-order valence-corrected chi connectivity index (χ2v) is 6.37. The lowest BCUT2D eigenvalue weighted by Crippen LogP contribution is -2.46. The summed E-state index contributed by atoms with van der Waals surface area (Å²) in [6.07, 6.45) is 5.75. The van der Waals surface area contributed by atoms with Crippen molar-refractivity contribution in [2.45, 2.75) is 31.3 Å². The van der Waals surface area contributed by atoms with E-state index in [0.29, 0.717) is 5.92 Å². The van der Waals surface area contributed by atoms with Crippen LogP contribution in [0.15, 0.2) is 24.4 Å². The molecule has 0 N–H and O–H groups in total. The molecule has 2 saturated heterocycles. The van der Waals surface area contributed by atoms with Crippen molar-refractivity contribution in [1.82, 2.24) is 9.88 Å². The first-order chi connectivity index (χ1) is 10.2. The number of likely N-dealkylation sites (tertiary alicyclic amines) is 1. The highest BCUT2D eigenvalue weighted by atomic mass is 35.5. The van der Waals surface area contributed by atoms with Crippen LogP contribution in [0.5, 0.6) is 0 Å². The van der Waals surface area contributed by atoms with Crippen molar-refractivity contribution in [1.29, 1.82) is 0 Å². The van der Waals surface area contributed by atoms with E-state index in [0.717, 1.165) is 51.1 Å². The molecule has 1 aromatic rings. The lowest BCUT2D eigenvalue weighted by atomic mass is 9.84. The zero-order valence-corrected chi connectivity index (χ0v) is 12.9. The lowest BCUT2D eigenvalue weighted by Gasteiger charge is -2.38. The number of halogens is 1. The summed E-state index contributed by atoms with van der Waals surface area (Å²) in [4.78, 5) is 17.9. The summed E-state index contributed by atoms with van der Waals surface area (Å²) in [5.74, 6) is 0.653. The molecule has 1 amide bonds. The number of pyridine rings is 1. The van der Waals surface area contributed by atoms with Crippen LogP contribution in [0.3, 0.4) is 0 Å². The van der Waals surface area contributed by atoms with Crippen LogP contribution < -0.4 is 0 Å². The van der Waals surface area contributed by atoms with Gasteiger partial charge in [-0.15, -0.1) is 11.6 Å². The molecule has 114 valence electrons. The molecule has 4 nitrogen and oxygen atoms in total. The Labute approximate surface area is 130 Å². The first-order valence-electron chi connectivity index (χ1n) is 7.58. The summed E-state index contributed by atoms with van der Waals surface area (Å²) in [5.41, 5.74) is 1.11. The van der Waals surface area contributed by atoms with E-state index in [9.17, 15) is 4.79 Å². The SMILES string of the molecule is O=C(CCl)N1CCC2(CC1)CC(Cc1ccccn1)CO2. The predicted octanol–water partition coefficient (Wildman–Crippen LogP) is 2.26. The standard InChI is InChI=1S/C16H21ClN2O2/c17-11-15(20)19-7-4-16(5-8-19)10-13(12-21-16)9-14-3-1-2-6-18-14/h1-3,6,13H,4-5,7-12H2. The highest BCUT2D eigenvalue weighted by Gasteiger charge is 2.43. The summed E-state index contributed by atoms with van der Waals surface area (Å²) in [6, 6.07) is 6.05. The molecule has 21 heavy (non-hydrogen) atoms. The Morgan fingerprint density at radius 2 is 2.24 bits per heavy atom. The maximum Gasteiger partial charge on any atom is 0.237 e. The van der Waals surface area contributed by atoms with Gasteiger partial charge in [0.15, 0.2) is 0 Å². The number of amides is 1. The molecule has 0 saturated carbocycles. The number of nitrogens with zero attached hydrogens (tertiary/aromatic N) is 2. The summed E-state index contributed by atoms with van der Waals surface area (Å²) >= 11 is 5.62. The van der Waals surface area contributed by atoms with Gasteiger partial charge in [0.1, 0.15) is 5.88 Å². The van der Waals surface area contributed by atoms with E-state index in [1.54, 1.807) is 0 Å². The Morgan fingerprint density at radius 1 is 1.43 bits per heavy atom. The molecule has 0 aliphatic carbocycles. The third kappa shape index (κ3) is 3.38. The molecule has 3 heterocycles. The van der Waals surface area contributed by atoms with Crippen molar-refractivity contribution < 1.29 is 9.53 Å².